The fraction of sp³-hybridized carbons (Fsp3) is 0.231. The number of aromatic nitrogens is 2. The van der Waals surface area contributed by atoms with Crippen LogP contribution in [0.5, 0.6) is 0 Å². The molecule has 20 heavy (non-hydrogen) atoms. The second-order valence-corrected chi connectivity index (χ2v) is 5.02. The van der Waals surface area contributed by atoms with Gasteiger partial charge in [0.15, 0.2) is 0 Å². The number of thioether (sulfide) groups is 1. The van der Waals surface area contributed by atoms with Crippen molar-refractivity contribution in [3.8, 4) is 0 Å². The molecule has 0 aliphatic carbocycles. The second-order valence-electron chi connectivity index (χ2n) is 3.85. The summed E-state index contributed by atoms with van der Waals surface area (Å²) in [5.74, 6) is 0.706. The summed E-state index contributed by atoms with van der Waals surface area (Å²) in [5, 5.41) is 2.78. The molecule has 7 heteroatoms. The van der Waals surface area contributed by atoms with Crippen LogP contribution in [0.25, 0.3) is 0 Å². The average Bonchev–Trinajstić information content (AvgIpc) is 2.44. The highest BCUT2D eigenvalue weighted by Gasteiger charge is 2.32. The van der Waals surface area contributed by atoms with Crippen LogP contribution in [0.15, 0.2) is 47.5 Å². The molecule has 0 aliphatic rings. The molecule has 3 nitrogen and oxygen atoms in total. The molecular formula is C13H12F3N3S. The average molecular weight is 299 g/mol. The number of rotatable bonds is 5. The number of nitrogens with one attached hydrogen (secondary N) is 1. The van der Waals surface area contributed by atoms with Crippen LogP contribution in [0.1, 0.15) is 5.69 Å². The molecule has 2 rings (SSSR count). The third kappa shape index (κ3) is 4.41. The maximum atomic E-state index is 12.5. The van der Waals surface area contributed by atoms with Gasteiger partial charge in [-0.1, -0.05) is 18.2 Å². The summed E-state index contributed by atoms with van der Waals surface area (Å²) in [6.45, 7) is 0.487. The molecule has 0 radical (unpaired) electrons. The van der Waals surface area contributed by atoms with Crippen LogP contribution in [0.3, 0.4) is 0 Å². The van der Waals surface area contributed by atoms with Crippen molar-refractivity contribution >= 4 is 17.7 Å². The van der Waals surface area contributed by atoms with Crippen LogP contribution in [0.4, 0.5) is 19.1 Å². The van der Waals surface area contributed by atoms with Crippen molar-refractivity contribution in [1.29, 1.82) is 0 Å². The van der Waals surface area contributed by atoms with E-state index >= 15 is 0 Å². The molecule has 0 atom stereocenters. The Balaban J connectivity index is 1.83. The lowest BCUT2D eigenvalue weighted by Gasteiger charge is -2.08. The third-order valence-electron chi connectivity index (χ3n) is 2.34. The SMILES string of the molecule is FC(F)(F)c1ccnc(NCCSc2ccccc2)n1. The second kappa shape index (κ2) is 6.60. The largest absolute Gasteiger partial charge is 0.433 e. The minimum atomic E-state index is -4.45. The first-order chi connectivity index (χ1) is 9.55. The van der Waals surface area contributed by atoms with Gasteiger partial charge in [0.1, 0.15) is 5.69 Å². The van der Waals surface area contributed by atoms with Gasteiger partial charge in [-0.3, -0.25) is 0 Å². The molecule has 0 bridgehead atoms. The summed E-state index contributed by atoms with van der Waals surface area (Å²) < 4.78 is 37.4. The van der Waals surface area contributed by atoms with E-state index in [2.05, 4.69) is 15.3 Å². The van der Waals surface area contributed by atoms with E-state index in [9.17, 15) is 13.2 Å². The summed E-state index contributed by atoms with van der Waals surface area (Å²) in [5.41, 5.74) is -0.939. The summed E-state index contributed by atoms with van der Waals surface area (Å²) >= 11 is 1.61. The van der Waals surface area contributed by atoms with E-state index in [1.54, 1.807) is 11.8 Å². The monoisotopic (exact) mass is 299 g/mol. The molecule has 0 spiro atoms. The number of benzene rings is 1. The maximum Gasteiger partial charge on any atom is 0.433 e. The summed E-state index contributed by atoms with van der Waals surface area (Å²) in [7, 11) is 0. The molecule has 1 aromatic heterocycles. The van der Waals surface area contributed by atoms with Gasteiger partial charge < -0.3 is 5.32 Å². The topological polar surface area (TPSA) is 37.8 Å². The predicted octanol–water partition coefficient (Wildman–Crippen LogP) is 3.70. The number of halogens is 3. The first kappa shape index (κ1) is 14.6. The highest BCUT2D eigenvalue weighted by atomic mass is 32.2. The van der Waals surface area contributed by atoms with Gasteiger partial charge in [-0.05, 0) is 18.2 Å². The van der Waals surface area contributed by atoms with E-state index < -0.39 is 11.9 Å². The predicted molar refractivity (Wildman–Crippen MR) is 72.7 cm³/mol. The van der Waals surface area contributed by atoms with Crippen molar-refractivity contribution in [3.05, 3.63) is 48.3 Å². The van der Waals surface area contributed by atoms with Crippen molar-refractivity contribution in [2.24, 2.45) is 0 Å². The molecule has 0 fully saturated rings. The Morgan fingerprint density at radius 2 is 1.85 bits per heavy atom. The number of nitrogens with zero attached hydrogens (tertiary/aromatic N) is 2. The summed E-state index contributed by atoms with van der Waals surface area (Å²) in [6.07, 6.45) is -3.35. The lowest BCUT2D eigenvalue weighted by molar-refractivity contribution is -0.141. The quantitative estimate of drug-likeness (QED) is 0.675. The molecule has 0 saturated heterocycles. The number of alkyl halides is 3. The standard InChI is InChI=1S/C13H12F3N3S/c14-13(15,16)11-6-7-17-12(19-11)18-8-9-20-10-4-2-1-3-5-10/h1-7H,8-9H2,(H,17,18,19). The van der Waals surface area contributed by atoms with Gasteiger partial charge in [0.2, 0.25) is 5.95 Å². The Bertz CT molecular complexity index is 546. The van der Waals surface area contributed by atoms with Gasteiger partial charge in [-0.15, -0.1) is 11.8 Å². The molecule has 1 aromatic carbocycles. The maximum absolute atomic E-state index is 12.5. The molecule has 2 aromatic rings. The summed E-state index contributed by atoms with van der Waals surface area (Å²) in [6, 6.07) is 10.6. The lowest BCUT2D eigenvalue weighted by atomic mass is 10.4. The number of hydrogen-bond donors (Lipinski definition) is 1. The first-order valence-electron chi connectivity index (χ1n) is 5.88. The minimum Gasteiger partial charge on any atom is -0.353 e. The van der Waals surface area contributed by atoms with Crippen LogP contribution in [0.2, 0.25) is 0 Å². The van der Waals surface area contributed by atoms with Gasteiger partial charge in [0, 0.05) is 23.4 Å². The fourth-order valence-electron chi connectivity index (χ4n) is 1.45. The normalized spacial score (nSPS) is 11.3. The summed E-state index contributed by atoms with van der Waals surface area (Å²) in [4.78, 5) is 8.31. The highest BCUT2D eigenvalue weighted by Crippen LogP contribution is 2.27. The van der Waals surface area contributed by atoms with Crippen LogP contribution in [-0.4, -0.2) is 22.3 Å². The Labute approximate surface area is 118 Å². The van der Waals surface area contributed by atoms with Crippen molar-refractivity contribution in [3.63, 3.8) is 0 Å². The Kier molecular flexibility index (Phi) is 4.84. The smallest absolute Gasteiger partial charge is 0.353 e. The van der Waals surface area contributed by atoms with Crippen molar-refractivity contribution in [1.82, 2.24) is 9.97 Å². The van der Waals surface area contributed by atoms with E-state index in [0.717, 1.165) is 17.2 Å². The van der Waals surface area contributed by atoms with Crippen molar-refractivity contribution in [2.45, 2.75) is 11.1 Å². The van der Waals surface area contributed by atoms with Crippen LogP contribution >= 0.6 is 11.8 Å². The molecule has 0 aliphatic heterocycles. The van der Waals surface area contributed by atoms with Gasteiger partial charge >= 0.3 is 6.18 Å². The molecule has 106 valence electrons. The van der Waals surface area contributed by atoms with Crippen molar-refractivity contribution < 1.29 is 13.2 Å². The van der Waals surface area contributed by atoms with Crippen LogP contribution < -0.4 is 5.32 Å². The van der Waals surface area contributed by atoms with E-state index in [0.29, 0.717) is 12.3 Å². The first-order valence-corrected chi connectivity index (χ1v) is 6.86. The van der Waals surface area contributed by atoms with Gasteiger partial charge in [-0.2, -0.15) is 13.2 Å². The Hall–Kier alpha value is -1.76. The molecule has 0 unspecified atom stereocenters. The van der Waals surface area contributed by atoms with Crippen LogP contribution in [0, 0.1) is 0 Å². The molecule has 1 heterocycles. The fourth-order valence-corrected chi connectivity index (χ4v) is 2.24. The zero-order valence-electron chi connectivity index (χ0n) is 10.4. The van der Waals surface area contributed by atoms with Gasteiger partial charge in [-0.25, -0.2) is 9.97 Å². The Morgan fingerprint density at radius 1 is 1.10 bits per heavy atom. The Morgan fingerprint density at radius 3 is 2.55 bits per heavy atom. The zero-order chi connectivity index (χ0) is 14.4. The lowest BCUT2D eigenvalue weighted by Crippen LogP contribution is -2.12. The van der Waals surface area contributed by atoms with Crippen molar-refractivity contribution in [2.75, 3.05) is 17.6 Å². The third-order valence-corrected chi connectivity index (χ3v) is 3.36. The van der Waals surface area contributed by atoms with E-state index in [-0.39, 0.29) is 5.95 Å². The molecule has 0 amide bonds. The molecule has 0 saturated carbocycles. The van der Waals surface area contributed by atoms with Gasteiger partial charge in [0.05, 0.1) is 0 Å². The van der Waals surface area contributed by atoms with Gasteiger partial charge in [0.25, 0.3) is 0 Å². The van der Waals surface area contributed by atoms with E-state index in [1.807, 2.05) is 30.3 Å². The minimum absolute atomic E-state index is 0.00603. The van der Waals surface area contributed by atoms with E-state index in [4.69, 9.17) is 0 Å². The molecular weight excluding hydrogens is 287 g/mol. The zero-order valence-corrected chi connectivity index (χ0v) is 11.2. The van der Waals surface area contributed by atoms with Crippen LogP contribution in [-0.2, 0) is 6.18 Å². The number of hydrogen-bond acceptors (Lipinski definition) is 4. The number of anilines is 1. The van der Waals surface area contributed by atoms with E-state index in [1.165, 1.54) is 0 Å². The molecule has 1 N–H and O–H groups in total. The highest BCUT2D eigenvalue weighted by molar-refractivity contribution is 7.99.